The molecule has 2 amide bonds. The zero-order valence-electron chi connectivity index (χ0n) is 13.2. The summed E-state index contributed by atoms with van der Waals surface area (Å²) in [5.74, 6) is 0.442. The van der Waals surface area contributed by atoms with Gasteiger partial charge in [0.15, 0.2) is 0 Å². The molecule has 0 atom stereocenters. The molecule has 0 aliphatic rings. The minimum Gasteiger partial charge on any atom is -0.318 e. The fraction of sp³-hybridized carbons (Fsp3) is 0.471. The highest BCUT2D eigenvalue weighted by molar-refractivity contribution is 5.75. The average Bonchev–Trinajstić information content (AvgIpc) is 2.42. The molecule has 0 saturated heterocycles. The van der Waals surface area contributed by atoms with Gasteiger partial charge in [-0.3, -0.25) is 0 Å². The van der Waals surface area contributed by atoms with Gasteiger partial charge in [-0.15, -0.1) is 0 Å². The van der Waals surface area contributed by atoms with E-state index in [-0.39, 0.29) is 12.1 Å². The van der Waals surface area contributed by atoms with E-state index in [1.54, 1.807) is 0 Å². The Morgan fingerprint density at radius 1 is 1.20 bits per heavy atom. The Hall–Kier alpha value is -1.77. The average molecular weight is 274 g/mol. The van der Waals surface area contributed by atoms with Crippen LogP contribution in [0, 0.1) is 5.92 Å². The van der Waals surface area contributed by atoms with Crippen LogP contribution in [-0.4, -0.2) is 17.0 Å². The van der Waals surface area contributed by atoms with Gasteiger partial charge in [-0.2, -0.15) is 0 Å². The topological polar surface area (TPSA) is 32.3 Å². The van der Waals surface area contributed by atoms with E-state index < -0.39 is 0 Å². The van der Waals surface area contributed by atoms with Crippen molar-refractivity contribution in [2.75, 3.05) is 0 Å². The van der Waals surface area contributed by atoms with Gasteiger partial charge in [-0.05, 0) is 32.3 Å². The van der Waals surface area contributed by atoms with Crippen LogP contribution in [0.5, 0.6) is 0 Å². The van der Waals surface area contributed by atoms with Crippen LogP contribution in [0.4, 0.5) is 4.79 Å². The Kier molecular flexibility index (Phi) is 6.29. The molecule has 1 rings (SSSR count). The van der Waals surface area contributed by atoms with Gasteiger partial charge in [0.2, 0.25) is 0 Å². The van der Waals surface area contributed by atoms with Crippen LogP contribution in [-0.2, 0) is 6.54 Å². The zero-order chi connectivity index (χ0) is 15.1. The minimum absolute atomic E-state index is 0.0520. The summed E-state index contributed by atoms with van der Waals surface area (Å²) in [6.07, 6.45) is 1.81. The maximum absolute atomic E-state index is 12.3. The van der Waals surface area contributed by atoms with E-state index in [1.807, 2.05) is 62.2 Å². The molecule has 0 radical (unpaired) electrons. The molecule has 0 aliphatic heterocycles. The lowest BCUT2D eigenvalue weighted by Crippen LogP contribution is -2.41. The summed E-state index contributed by atoms with van der Waals surface area (Å²) in [6.45, 7) is 10.9. The summed E-state index contributed by atoms with van der Waals surface area (Å²) >= 11 is 0. The third kappa shape index (κ3) is 5.08. The molecule has 0 bridgehead atoms. The number of nitrogens with one attached hydrogen (secondary N) is 1. The van der Waals surface area contributed by atoms with Gasteiger partial charge in [0, 0.05) is 18.8 Å². The SMILES string of the molecule is C/C(=C\NC(=O)N(Cc1ccccc1)C(C)C)C(C)C. The minimum atomic E-state index is -0.0520. The highest BCUT2D eigenvalue weighted by Crippen LogP contribution is 2.10. The summed E-state index contributed by atoms with van der Waals surface area (Å²) in [5, 5.41) is 2.89. The summed E-state index contributed by atoms with van der Waals surface area (Å²) < 4.78 is 0. The summed E-state index contributed by atoms with van der Waals surface area (Å²) in [5.41, 5.74) is 2.31. The predicted octanol–water partition coefficient (Wildman–Crippen LogP) is 4.17. The Bertz CT molecular complexity index is 449. The smallest absolute Gasteiger partial charge is 0.318 e. The molecule has 0 spiro atoms. The lowest BCUT2D eigenvalue weighted by atomic mass is 10.1. The normalized spacial score (nSPS) is 11.8. The lowest BCUT2D eigenvalue weighted by molar-refractivity contribution is 0.183. The van der Waals surface area contributed by atoms with Crippen molar-refractivity contribution >= 4 is 6.03 Å². The van der Waals surface area contributed by atoms with Crippen LogP contribution in [0.2, 0.25) is 0 Å². The maximum atomic E-state index is 12.3. The molecule has 0 aromatic heterocycles. The second kappa shape index (κ2) is 7.73. The molecule has 3 nitrogen and oxygen atoms in total. The van der Waals surface area contributed by atoms with Crippen LogP contribution >= 0.6 is 0 Å². The number of hydrogen-bond acceptors (Lipinski definition) is 1. The largest absolute Gasteiger partial charge is 0.321 e. The fourth-order valence-electron chi connectivity index (χ4n) is 1.69. The van der Waals surface area contributed by atoms with E-state index in [0.717, 1.165) is 5.56 Å². The molecule has 0 fully saturated rings. The first kappa shape index (κ1) is 16.3. The van der Waals surface area contributed by atoms with Gasteiger partial charge < -0.3 is 10.2 Å². The van der Waals surface area contributed by atoms with E-state index in [0.29, 0.717) is 12.5 Å². The quantitative estimate of drug-likeness (QED) is 0.859. The summed E-state index contributed by atoms with van der Waals surface area (Å²) in [6, 6.07) is 10.2. The highest BCUT2D eigenvalue weighted by Gasteiger charge is 2.16. The molecule has 0 unspecified atom stereocenters. The highest BCUT2D eigenvalue weighted by atomic mass is 16.2. The molecule has 0 heterocycles. The molecule has 3 heteroatoms. The molecule has 0 saturated carbocycles. The molecule has 20 heavy (non-hydrogen) atoms. The first-order valence-electron chi connectivity index (χ1n) is 7.19. The fourth-order valence-corrected chi connectivity index (χ4v) is 1.69. The maximum Gasteiger partial charge on any atom is 0.321 e. The number of urea groups is 1. The number of carbonyl (C=O) groups is 1. The van der Waals surface area contributed by atoms with E-state index in [9.17, 15) is 4.79 Å². The van der Waals surface area contributed by atoms with Crippen LogP contribution in [0.15, 0.2) is 42.1 Å². The van der Waals surface area contributed by atoms with Gasteiger partial charge in [-0.1, -0.05) is 49.8 Å². The van der Waals surface area contributed by atoms with E-state index >= 15 is 0 Å². The summed E-state index contributed by atoms with van der Waals surface area (Å²) in [4.78, 5) is 14.1. The van der Waals surface area contributed by atoms with Crippen LogP contribution < -0.4 is 5.32 Å². The number of benzene rings is 1. The second-order valence-electron chi connectivity index (χ2n) is 5.70. The van der Waals surface area contributed by atoms with Crippen molar-refractivity contribution in [3.05, 3.63) is 47.7 Å². The third-order valence-electron chi connectivity index (χ3n) is 3.41. The van der Waals surface area contributed by atoms with E-state index in [2.05, 4.69) is 19.2 Å². The number of allylic oxidation sites excluding steroid dienone is 1. The van der Waals surface area contributed by atoms with Crippen molar-refractivity contribution in [1.82, 2.24) is 10.2 Å². The zero-order valence-corrected chi connectivity index (χ0v) is 13.2. The lowest BCUT2D eigenvalue weighted by Gasteiger charge is -2.26. The van der Waals surface area contributed by atoms with Crippen LogP contribution in [0.1, 0.15) is 40.2 Å². The van der Waals surface area contributed by atoms with Crippen molar-refractivity contribution in [2.24, 2.45) is 5.92 Å². The Morgan fingerprint density at radius 2 is 1.80 bits per heavy atom. The van der Waals surface area contributed by atoms with E-state index in [1.165, 1.54) is 5.57 Å². The molecular weight excluding hydrogens is 248 g/mol. The van der Waals surface area contributed by atoms with Crippen molar-refractivity contribution in [3.8, 4) is 0 Å². The van der Waals surface area contributed by atoms with Crippen molar-refractivity contribution < 1.29 is 4.79 Å². The number of amides is 2. The first-order valence-corrected chi connectivity index (χ1v) is 7.19. The van der Waals surface area contributed by atoms with Crippen LogP contribution in [0.25, 0.3) is 0 Å². The summed E-state index contributed by atoms with van der Waals surface area (Å²) in [7, 11) is 0. The van der Waals surface area contributed by atoms with Crippen molar-refractivity contribution in [3.63, 3.8) is 0 Å². The van der Waals surface area contributed by atoms with Crippen LogP contribution in [0.3, 0.4) is 0 Å². The molecule has 1 aromatic carbocycles. The van der Waals surface area contributed by atoms with Gasteiger partial charge >= 0.3 is 6.03 Å². The second-order valence-corrected chi connectivity index (χ2v) is 5.70. The first-order chi connectivity index (χ1) is 9.41. The number of nitrogens with zero attached hydrogens (tertiary/aromatic N) is 1. The molecule has 110 valence electrons. The third-order valence-corrected chi connectivity index (χ3v) is 3.41. The predicted molar refractivity (Wildman–Crippen MR) is 84.2 cm³/mol. The monoisotopic (exact) mass is 274 g/mol. The number of rotatable bonds is 5. The Labute approximate surface area is 122 Å². The number of hydrogen-bond donors (Lipinski definition) is 1. The molecule has 0 aliphatic carbocycles. The number of carbonyl (C=O) groups excluding carboxylic acids is 1. The molecule has 1 N–H and O–H groups in total. The van der Waals surface area contributed by atoms with Gasteiger partial charge in [0.25, 0.3) is 0 Å². The van der Waals surface area contributed by atoms with Crippen molar-refractivity contribution in [2.45, 2.75) is 47.2 Å². The molecular formula is C17H26N2O. The standard InChI is InChI=1S/C17H26N2O/c1-13(2)15(5)11-18-17(20)19(14(3)4)12-16-9-7-6-8-10-16/h6-11,13-14H,12H2,1-5H3,(H,18,20)/b15-11+. The van der Waals surface area contributed by atoms with Gasteiger partial charge in [0.1, 0.15) is 0 Å². The van der Waals surface area contributed by atoms with Gasteiger partial charge in [0.05, 0.1) is 0 Å². The van der Waals surface area contributed by atoms with E-state index in [4.69, 9.17) is 0 Å². The van der Waals surface area contributed by atoms with Gasteiger partial charge in [-0.25, -0.2) is 4.79 Å². The Balaban J connectivity index is 2.71. The Morgan fingerprint density at radius 3 is 2.30 bits per heavy atom. The van der Waals surface area contributed by atoms with Crippen molar-refractivity contribution in [1.29, 1.82) is 0 Å². The molecule has 1 aromatic rings.